The number of amides is 2. The van der Waals surface area contributed by atoms with Crippen LogP contribution in [-0.4, -0.2) is 29.2 Å². The lowest BCUT2D eigenvalue weighted by Gasteiger charge is -2.19. The predicted molar refractivity (Wildman–Crippen MR) is 95.9 cm³/mol. The highest BCUT2D eigenvalue weighted by molar-refractivity contribution is 6.07. The molecule has 2 aromatic rings. The summed E-state index contributed by atoms with van der Waals surface area (Å²) in [6.45, 7) is -0.154. The van der Waals surface area contributed by atoms with Crippen molar-refractivity contribution in [2.75, 3.05) is 6.54 Å². The Bertz CT molecular complexity index is 846. The van der Waals surface area contributed by atoms with Gasteiger partial charge in [0.1, 0.15) is 13.2 Å². The predicted octanol–water partition coefficient (Wildman–Crippen LogP) is 3.06. The first-order valence-corrected chi connectivity index (χ1v) is 9.12. The Morgan fingerprint density at radius 2 is 1.62 bits per heavy atom. The Morgan fingerprint density at radius 1 is 0.962 bits per heavy atom. The van der Waals surface area contributed by atoms with E-state index in [1.807, 2.05) is 42.5 Å². The number of benzene rings is 2. The van der Waals surface area contributed by atoms with Crippen molar-refractivity contribution in [3.8, 4) is 0 Å². The van der Waals surface area contributed by atoms with Crippen LogP contribution in [0.3, 0.4) is 0 Å². The van der Waals surface area contributed by atoms with E-state index in [1.54, 1.807) is 0 Å². The number of ether oxygens (including phenoxy) is 1. The van der Waals surface area contributed by atoms with Gasteiger partial charge in [0.25, 0.3) is 0 Å². The Hall–Kier alpha value is -2.69. The van der Waals surface area contributed by atoms with E-state index in [4.69, 9.17) is 4.74 Å². The number of rotatable bonds is 4. The monoisotopic (exact) mass is 351 g/mol. The maximum atomic E-state index is 12.4. The maximum absolute atomic E-state index is 12.4. The van der Waals surface area contributed by atoms with Gasteiger partial charge in [-0.1, -0.05) is 55.3 Å². The Kier molecular flexibility index (Phi) is 4.45. The summed E-state index contributed by atoms with van der Waals surface area (Å²) >= 11 is 0. The van der Waals surface area contributed by atoms with Crippen LogP contribution in [0.4, 0.5) is 0 Å². The lowest BCUT2D eigenvalue weighted by atomic mass is 9.81. The van der Waals surface area contributed by atoms with E-state index in [0.29, 0.717) is 0 Å². The third-order valence-electron chi connectivity index (χ3n) is 5.49. The van der Waals surface area contributed by atoms with Crippen LogP contribution < -0.4 is 0 Å². The van der Waals surface area contributed by atoms with Crippen LogP contribution in [0.15, 0.2) is 42.5 Å². The lowest BCUT2D eigenvalue weighted by Crippen LogP contribution is -2.36. The number of nitrogens with zero attached hydrogens (tertiary/aromatic N) is 1. The van der Waals surface area contributed by atoms with Gasteiger partial charge in [0, 0.05) is 0 Å². The lowest BCUT2D eigenvalue weighted by molar-refractivity contribution is -0.153. The summed E-state index contributed by atoms with van der Waals surface area (Å²) in [5.74, 6) is -1.42. The summed E-state index contributed by atoms with van der Waals surface area (Å²) in [6.07, 6.45) is 3.44. The molecule has 5 nitrogen and oxygen atoms in total. The zero-order valence-electron chi connectivity index (χ0n) is 14.5. The number of likely N-dealkylation sites (tertiary alicyclic amines) is 1. The molecule has 0 N–H and O–H groups in total. The first kappa shape index (κ1) is 16.8. The van der Waals surface area contributed by atoms with Crippen molar-refractivity contribution in [1.82, 2.24) is 4.90 Å². The van der Waals surface area contributed by atoms with Crippen molar-refractivity contribution >= 4 is 28.6 Å². The van der Waals surface area contributed by atoms with Gasteiger partial charge in [-0.05, 0) is 29.2 Å². The highest BCUT2D eigenvalue weighted by Crippen LogP contribution is 2.37. The van der Waals surface area contributed by atoms with Crippen molar-refractivity contribution in [3.63, 3.8) is 0 Å². The quantitative estimate of drug-likeness (QED) is 0.627. The van der Waals surface area contributed by atoms with Gasteiger partial charge in [-0.3, -0.25) is 19.3 Å². The molecule has 4 rings (SSSR count). The number of hydrogen-bond acceptors (Lipinski definition) is 4. The number of fused-ring (bicyclic) bond motifs is 2. The van der Waals surface area contributed by atoms with Gasteiger partial charge in [0.05, 0.1) is 11.8 Å². The molecule has 0 spiro atoms. The fraction of sp³-hybridized carbons (Fsp3) is 0.381. The van der Waals surface area contributed by atoms with Gasteiger partial charge in [-0.2, -0.15) is 0 Å². The molecule has 2 fully saturated rings. The van der Waals surface area contributed by atoms with Gasteiger partial charge in [-0.15, -0.1) is 0 Å². The molecule has 2 aliphatic rings. The largest absolute Gasteiger partial charge is 0.459 e. The van der Waals surface area contributed by atoms with Crippen molar-refractivity contribution in [2.24, 2.45) is 11.8 Å². The molecule has 2 atom stereocenters. The number of carbonyl (C=O) groups is 3. The van der Waals surface area contributed by atoms with E-state index in [0.717, 1.165) is 46.9 Å². The fourth-order valence-electron chi connectivity index (χ4n) is 4.14. The minimum absolute atomic E-state index is 0.128. The minimum atomic E-state index is -0.543. The summed E-state index contributed by atoms with van der Waals surface area (Å²) in [7, 11) is 0. The topological polar surface area (TPSA) is 63.7 Å². The number of imide groups is 1. The second-order valence-electron chi connectivity index (χ2n) is 7.06. The molecule has 0 aromatic heterocycles. The fourth-order valence-corrected chi connectivity index (χ4v) is 4.14. The molecule has 26 heavy (non-hydrogen) atoms. The van der Waals surface area contributed by atoms with Crippen LogP contribution in [0, 0.1) is 11.8 Å². The second kappa shape index (κ2) is 6.90. The standard InChI is InChI=1S/C21H21NO4/c23-19(12-22-20(24)17-10-3-4-11-18(17)21(22)25)26-13-15-8-5-7-14-6-1-2-9-16(14)15/h1-2,5-9,17-18H,3-4,10-13H2/t17-,18-/m1/s1. The molecule has 0 unspecified atom stereocenters. The third kappa shape index (κ3) is 2.98. The van der Waals surface area contributed by atoms with Crippen molar-refractivity contribution in [3.05, 3.63) is 48.0 Å². The van der Waals surface area contributed by atoms with E-state index in [1.165, 1.54) is 0 Å². The van der Waals surface area contributed by atoms with Crippen LogP contribution >= 0.6 is 0 Å². The second-order valence-corrected chi connectivity index (χ2v) is 7.06. The Labute approximate surface area is 151 Å². The summed E-state index contributed by atoms with van der Waals surface area (Å²) in [5.41, 5.74) is 0.907. The SMILES string of the molecule is O=C(CN1C(=O)[C@@H]2CCCC[C@H]2C1=O)OCc1cccc2ccccc12. The number of esters is 1. The van der Waals surface area contributed by atoms with Gasteiger partial charge < -0.3 is 4.74 Å². The average Bonchev–Trinajstić information content (AvgIpc) is 2.91. The molecule has 5 heteroatoms. The molecule has 1 aliphatic carbocycles. The van der Waals surface area contributed by atoms with Crippen molar-refractivity contribution in [1.29, 1.82) is 0 Å². The molecule has 0 bridgehead atoms. The van der Waals surface area contributed by atoms with Crippen LogP contribution in [0.25, 0.3) is 10.8 Å². The summed E-state index contributed by atoms with van der Waals surface area (Å²) < 4.78 is 5.36. The van der Waals surface area contributed by atoms with E-state index < -0.39 is 5.97 Å². The van der Waals surface area contributed by atoms with E-state index in [9.17, 15) is 14.4 Å². The molecule has 2 amide bonds. The average molecular weight is 351 g/mol. The van der Waals surface area contributed by atoms with Crippen LogP contribution in [0.2, 0.25) is 0 Å². The smallest absolute Gasteiger partial charge is 0.326 e. The molecule has 1 heterocycles. The molecule has 2 aromatic carbocycles. The molecule has 1 saturated carbocycles. The van der Waals surface area contributed by atoms with E-state index in [-0.39, 0.29) is 36.8 Å². The number of hydrogen-bond donors (Lipinski definition) is 0. The molecular formula is C21H21NO4. The van der Waals surface area contributed by atoms with Crippen molar-refractivity contribution in [2.45, 2.75) is 32.3 Å². The number of carbonyl (C=O) groups excluding carboxylic acids is 3. The van der Waals surface area contributed by atoms with Gasteiger partial charge in [0.15, 0.2) is 0 Å². The van der Waals surface area contributed by atoms with Crippen LogP contribution in [0.1, 0.15) is 31.2 Å². The molecule has 0 radical (unpaired) electrons. The Morgan fingerprint density at radius 3 is 2.35 bits per heavy atom. The van der Waals surface area contributed by atoms with Crippen LogP contribution in [0.5, 0.6) is 0 Å². The molecule has 1 aliphatic heterocycles. The van der Waals surface area contributed by atoms with Gasteiger partial charge in [-0.25, -0.2) is 0 Å². The molecular weight excluding hydrogens is 330 g/mol. The Balaban J connectivity index is 1.41. The first-order valence-electron chi connectivity index (χ1n) is 9.12. The molecule has 1 saturated heterocycles. The maximum Gasteiger partial charge on any atom is 0.326 e. The van der Waals surface area contributed by atoms with Crippen LogP contribution in [-0.2, 0) is 25.7 Å². The zero-order valence-corrected chi connectivity index (χ0v) is 14.5. The van der Waals surface area contributed by atoms with Crippen molar-refractivity contribution < 1.29 is 19.1 Å². The zero-order chi connectivity index (χ0) is 18.1. The first-order chi connectivity index (χ1) is 12.6. The molecule has 134 valence electrons. The third-order valence-corrected chi connectivity index (χ3v) is 5.49. The van der Waals surface area contributed by atoms with Gasteiger partial charge in [0.2, 0.25) is 11.8 Å². The summed E-state index contributed by atoms with van der Waals surface area (Å²) in [6, 6.07) is 13.7. The van der Waals surface area contributed by atoms with E-state index in [2.05, 4.69) is 0 Å². The van der Waals surface area contributed by atoms with E-state index >= 15 is 0 Å². The minimum Gasteiger partial charge on any atom is -0.459 e. The highest BCUT2D eigenvalue weighted by Gasteiger charge is 2.48. The highest BCUT2D eigenvalue weighted by atomic mass is 16.5. The van der Waals surface area contributed by atoms with Gasteiger partial charge >= 0.3 is 5.97 Å². The summed E-state index contributed by atoms with van der Waals surface area (Å²) in [5, 5.41) is 2.11. The normalized spacial score (nSPS) is 22.5. The summed E-state index contributed by atoms with van der Waals surface area (Å²) in [4.78, 5) is 38.2.